The van der Waals surface area contributed by atoms with Crippen molar-refractivity contribution in [2.24, 2.45) is 0 Å². The minimum absolute atomic E-state index is 0.112. The molecule has 5 rings (SSSR count). The number of thiazole rings is 1. The molecule has 0 spiro atoms. The first-order valence-corrected chi connectivity index (χ1v) is 13.0. The zero-order chi connectivity index (χ0) is 25.8. The third kappa shape index (κ3) is 5.85. The number of aliphatic hydroxyl groups excluding tert-OH is 1. The molecular weight excluding hydrogens is 492 g/mol. The van der Waals surface area contributed by atoms with Crippen LogP contribution in [-0.4, -0.2) is 56.9 Å². The number of anilines is 1. The molecule has 1 aromatic carbocycles. The Morgan fingerprint density at radius 1 is 1.24 bits per heavy atom. The number of fused-ring (bicyclic) bond motifs is 1. The van der Waals surface area contributed by atoms with Crippen LogP contribution in [0.4, 0.5) is 9.93 Å². The summed E-state index contributed by atoms with van der Waals surface area (Å²) in [5, 5.41) is 15.8. The van der Waals surface area contributed by atoms with Gasteiger partial charge >= 0.3 is 6.03 Å². The monoisotopic (exact) mass is 520 g/mol. The van der Waals surface area contributed by atoms with E-state index >= 15 is 0 Å². The summed E-state index contributed by atoms with van der Waals surface area (Å²) < 4.78 is 12.6. The van der Waals surface area contributed by atoms with Crippen LogP contribution in [0.15, 0.2) is 42.9 Å². The standard InChI is InChI=1S/C26H28N6O4S/c1-3-27-25(34)32-26-31-22-10-16(17-12-29-24(15(2)33)30-13-17)9-20(23(22)37-26)21-11-18(6-7-28-21)36-14-19-5-4-8-35-19/h6-7,9-13,15,19,33H,3-5,8,14H2,1-2H3,(H2,27,31,32,34). The van der Waals surface area contributed by atoms with Crippen molar-refractivity contribution in [1.82, 2.24) is 25.3 Å². The smallest absolute Gasteiger partial charge is 0.321 e. The molecule has 11 heteroatoms. The van der Waals surface area contributed by atoms with Gasteiger partial charge in [0.2, 0.25) is 0 Å². The number of nitrogens with zero attached hydrogens (tertiary/aromatic N) is 4. The van der Waals surface area contributed by atoms with Gasteiger partial charge < -0.3 is 19.9 Å². The van der Waals surface area contributed by atoms with Crippen LogP contribution >= 0.6 is 11.3 Å². The molecule has 0 aliphatic carbocycles. The van der Waals surface area contributed by atoms with Crippen LogP contribution in [0.5, 0.6) is 5.75 Å². The van der Waals surface area contributed by atoms with Crippen LogP contribution in [0, 0.1) is 0 Å². The molecule has 1 aliphatic rings. The third-order valence-electron chi connectivity index (χ3n) is 5.89. The minimum atomic E-state index is -0.755. The highest BCUT2D eigenvalue weighted by Crippen LogP contribution is 2.38. The van der Waals surface area contributed by atoms with Crippen LogP contribution in [0.3, 0.4) is 0 Å². The lowest BCUT2D eigenvalue weighted by Gasteiger charge is -2.12. The fourth-order valence-corrected chi connectivity index (χ4v) is 5.02. The predicted octanol–water partition coefficient (Wildman–Crippen LogP) is 4.57. The van der Waals surface area contributed by atoms with Crippen molar-refractivity contribution in [2.75, 3.05) is 25.1 Å². The van der Waals surface area contributed by atoms with Crippen molar-refractivity contribution in [3.63, 3.8) is 0 Å². The largest absolute Gasteiger partial charge is 0.491 e. The van der Waals surface area contributed by atoms with E-state index in [2.05, 4.69) is 30.6 Å². The first kappa shape index (κ1) is 25.0. The normalized spacial score (nSPS) is 16.0. The number of hydrogen-bond acceptors (Lipinski definition) is 9. The second-order valence-corrected chi connectivity index (χ2v) is 9.70. The summed E-state index contributed by atoms with van der Waals surface area (Å²) in [6.45, 7) is 5.26. The number of urea groups is 1. The maximum absolute atomic E-state index is 12.1. The summed E-state index contributed by atoms with van der Waals surface area (Å²) in [6, 6.07) is 7.35. The number of nitrogens with one attached hydrogen (secondary N) is 2. The SMILES string of the molecule is CCNC(=O)Nc1nc2cc(-c3cnc(C(C)O)nc3)cc(-c3cc(OCC4CCCO4)ccn3)c2s1. The topological polar surface area (TPSA) is 131 Å². The zero-order valence-corrected chi connectivity index (χ0v) is 21.4. The average Bonchev–Trinajstić information content (AvgIpc) is 3.57. The number of aromatic nitrogens is 4. The van der Waals surface area contributed by atoms with Crippen molar-refractivity contribution in [3.05, 3.63) is 48.7 Å². The molecule has 0 saturated carbocycles. The molecule has 10 nitrogen and oxygen atoms in total. The lowest BCUT2D eigenvalue weighted by molar-refractivity contribution is 0.0679. The van der Waals surface area contributed by atoms with Crippen LogP contribution in [-0.2, 0) is 4.74 Å². The molecule has 1 aliphatic heterocycles. The van der Waals surface area contributed by atoms with E-state index in [4.69, 9.17) is 9.47 Å². The molecule has 4 heterocycles. The number of ether oxygens (including phenoxy) is 2. The maximum Gasteiger partial charge on any atom is 0.321 e. The van der Waals surface area contributed by atoms with Gasteiger partial charge in [-0.15, -0.1) is 0 Å². The van der Waals surface area contributed by atoms with Crippen molar-refractivity contribution in [3.8, 4) is 28.1 Å². The number of hydrogen-bond donors (Lipinski definition) is 3. The molecule has 2 amide bonds. The molecule has 3 aromatic heterocycles. The quantitative estimate of drug-likeness (QED) is 0.308. The van der Waals surface area contributed by atoms with Gasteiger partial charge in [0, 0.05) is 48.9 Å². The van der Waals surface area contributed by atoms with E-state index in [9.17, 15) is 9.90 Å². The van der Waals surface area contributed by atoms with Gasteiger partial charge in [0.05, 0.1) is 22.0 Å². The lowest BCUT2D eigenvalue weighted by Crippen LogP contribution is -2.28. The van der Waals surface area contributed by atoms with Gasteiger partial charge in [0.25, 0.3) is 0 Å². The number of carbonyl (C=O) groups is 1. The first-order chi connectivity index (χ1) is 18.0. The van der Waals surface area contributed by atoms with Crippen LogP contribution in [0.2, 0.25) is 0 Å². The number of benzene rings is 1. The molecule has 192 valence electrons. The second kappa shape index (κ2) is 11.2. The van der Waals surface area contributed by atoms with Crippen molar-refractivity contribution in [2.45, 2.75) is 38.9 Å². The predicted molar refractivity (Wildman–Crippen MR) is 142 cm³/mol. The Bertz CT molecular complexity index is 1390. The van der Waals surface area contributed by atoms with E-state index in [0.29, 0.717) is 41.1 Å². The van der Waals surface area contributed by atoms with Gasteiger partial charge in [0.15, 0.2) is 11.0 Å². The molecule has 1 saturated heterocycles. The number of carbonyl (C=O) groups excluding carboxylic acids is 1. The van der Waals surface area contributed by atoms with Crippen molar-refractivity contribution >= 4 is 32.7 Å². The van der Waals surface area contributed by atoms with E-state index < -0.39 is 6.10 Å². The first-order valence-electron chi connectivity index (χ1n) is 12.2. The number of rotatable bonds is 8. The molecule has 0 bridgehead atoms. The molecular formula is C26H28N6O4S. The second-order valence-electron chi connectivity index (χ2n) is 8.70. The number of amides is 2. The Balaban J connectivity index is 1.53. The Morgan fingerprint density at radius 3 is 2.81 bits per heavy atom. The van der Waals surface area contributed by atoms with Gasteiger partial charge in [-0.3, -0.25) is 10.3 Å². The molecule has 3 N–H and O–H groups in total. The summed E-state index contributed by atoms with van der Waals surface area (Å²) in [5.74, 6) is 1.05. The Labute approximate surface area is 218 Å². The molecule has 37 heavy (non-hydrogen) atoms. The third-order valence-corrected chi connectivity index (χ3v) is 6.91. The van der Waals surface area contributed by atoms with Crippen LogP contribution < -0.4 is 15.4 Å². The van der Waals surface area contributed by atoms with E-state index in [1.807, 2.05) is 31.2 Å². The van der Waals surface area contributed by atoms with Crippen LogP contribution in [0.1, 0.15) is 38.6 Å². The van der Waals surface area contributed by atoms with Gasteiger partial charge in [-0.1, -0.05) is 11.3 Å². The highest BCUT2D eigenvalue weighted by Gasteiger charge is 2.18. The van der Waals surface area contributed by atoms with E-state index in [1.165, 1.54) is 11.3 Å². The fourth-order valence-electron chi connectivity index (χ4n) is 4.06. The molecule has 0 radical (unpaired) electrons. The van der Waals surface area contributed by atoms with Gasteiger partial charge in [-0.2, -0.15) is 0 Å². The average molecular weight is 521 g/mol. The molecule has 4 aromatic rings. The Morgan fingerprint density at radius 2 is 2.08 bits per heavy atom. The zero-order valence-electron chi connectivity index (χ0n) is 20.6. The molecule has 1 fully saturated rings. The summed E-state index contributed by atoms with van der Waals surface area (Å²) >= 11 is 1.37. The maximum atomic E-state index is 12.1. The van der Waals surface area contributed by atoms with E-state index in [0.717, 1.165) is 40.8 Å². The number of pyridine rings is 1. The van der Waals surface area contributed by atoms with E-state index in [-0.39, 0.29) is 12.1 Å². The van der Waals surface area contributed by atoms with Gasteiger partial charge in [-0.25, -0.2) is 19.7 Å². The fraction of sp³-hybridized carbons (Fsp3) is 0.346. The Hall–Kier alpha value is -3.67. The Kier molecular flexibility index (Phi) is 7.54. The summed E-state index contributed by atoms with van der Waals surface area (Å²) in [5.41, 5.74) is 3.87. The highest BCUT2D eigenvalue weighted by molar-refractivity contribution is 7.22. The van der Waals surface area contributed by atoms with Gasteiger partial charge in [0.1, 0.15) is 18.5 Å². The lowest BCUT2D eigenvalue weighted by atomic mass is 10.0. The van der Waals surface area contributed by atoms with Crippen molar-refractivity contribution < 1.29 is 19.4 Å². The summed E-state index contributed by atoms with van der Waals surface area (Å²) in [6.07, 6.45) is 6.48. The highest BCUT2D eigenvalue weighted by atomic mass is 32.1. The summed E-state index contributed by atoms with van der Waals surface area (Å²) in [4.78, 5) is 30.0. The van der Waals surface area contributed by atoms with Gasteiger partial charge in [-0.05, 0) is 50.5 Å². The minimum Gasteiger partial charge on any atom is -0.491 e. The van der Waals surface area contributed by atoms with Crippen LogP contribution in [0.25, 0.3) is 32.6 Å². The van der Waals surface area contributed by atoms with E-state index in [1.54, 1.807) is 25.5 Å². The van der Waals surface area contributed by atoms with Crippen molar-refractivity contribution in [1.29, 1.82) is 0 Å². The molecule has 2 unspecified atom stereocenters. The summed E-state index contributed by atoms with van der Waals surface area (Å²) in [7, 11) is 0. The molecule has 2 atom stereocenters. The number of aliphatic hydroxyl groups is 1.